The molecule has 1 aromatic rings. The van der Waals surface area contributed by atoms with Crippen LogP contribution in [0, 0.1) is 5.92 Å². The van der Waals surface area contributed by atoms with Gasteiger partial charge in [-0.2, -0.15) is 0 Å². The minimum absolute atomic E-state index is 0. The van der Waals surface area contributed by atoms with Gasteiger partial charge in [0.2, 0.25) is 0 Å². The molecular weight excluding hydrogens is 486 g/mol. The quantitative estimate of drug-likeness (QED) is 0.296. The Morgan fingerprint density at radius 2 is 1.96 bits per heavy atom. The summed E-state index contributed by atoms with van der Waals surface area (Å²) >= 11 is 12.0. The van der Waals surface area contributed by atoms with Crippen molar-refractivity contribution in [3.63, 3.8) is 0 Å². The summed E-state index contributed by atoms with van der Waals surface area (Å²) in [6.07, 6.45) is 0.470. The fourth-order valence-electron chi connectivity index (χ4n) is 3.00. The molecule has 148 valence electrons. The van der Waals surface area contributed by atoms with Gasteiger partial charge in [-0.3, -0.25) is 4.99 Å². The molecule has 0 aliphatic carbocycles. The second-order valence-electron chi connectivity index (χ2n) is 6.37. The summed E-state index contributed by atoms with van der Waals surface area (Å²) in [4.78, 5) is 6.96. The van der Waals surface area contributed by atoms with E-state index in [1.807, 2.05) is 6.92 Å². The zero-order valence-corrected chi connectivity index (χ0v) is 19.2. The van der Waals surface area contributed by atoms with Crippen LogP contribution >= 0.6 is 47.2 Å². The Balaban J connectivity index is 0.00000338. The highest BCUT2D eigenvalue weighted by molar-refractivity contribution is 14.0. The van der Waals surface area contributed by atoms with E-state index in [1.165, 1.54) is 13.0 Å². The van der Waals surface area contributed by atoms with Gasteiger partial charge in [-0.1, -0.05) is 30.1 Å². The van der Waals surface area contributed by atoms with E-state index >= 15 is 0 Å². The first kappa shape index (κ1) is 23.8. The topological polar surface area (TPSA) is 59.9 Å². The van der Waals surface area contributed by atoms with Crippen molar-refractivity contribution in [3.05, 3.63) is 33.8 Å². The van der Waals surface area contributed by atoms with Crippen molar-refractivity contribution in [1.29, 1.82) is 0 Å². The van der Waals surface area contributed by atoms with E-state index in [0.717, 1.165) is 32.1 Å². The first-order valence-corrected chi connectivity index (χ1v) is 9.66. The van der Waals surface area contributed by atoms with Gasteiger partial charge in [0, 0.05) is 29.7 Å². The lowest BCUT2D eigenvalue weighted by molar-refractivity contribution is 0.187. The molecule has 1 heterocycles. The predicted molar refractivity (Wildman–Crippen MR) is 121 cm³/mol. The molecule has 2 rings (SSSR count). The number of aliphatic imine (C=N–C) groups is 1. The molecule has 0 saturated carbocycles. The molecule has 0 spiro atoms. The molecule has 2 unspecified atom stereocenters. The Bertz CT molecular complexity index is 568. The van der Waals surface area contributed by atoms with E-state index in [9.17, 15) is 5.11 Å². The van der Waals surface area contributed by atoms with Crippen molar-refractivity contribution >= 4 is 53.1 Å². The number of nitrogens with one attached hydrogen (secondary N) is 2. The number of nitrogens with zero attached hydrogens (tertiary/aromatic N) is 2. The lowest BCUT2D eigenvalue weighted by Crippen LogP contribution is -2.40. The highest BCUT2D eigenvalue weighted by Gasteiger charge is 2.21. The zero-order valence-electron chi connectivity index (χ0n) is 15.3. The summed E-state index contributed by atoms with van der Waals surface area (Å²) in [5.74, 6) is 1.37. The second-order valence-corrected chi connectivity index (χ2v) is 7.24. The van der Waals surface area contributed by atoms with E-state index in [-0.39, 0.29) is 30.5 Å². The Labute approximate surface area is 183 Å². The van der Waals surface area contributed by atoms with E-state index in [1.54, 1.807) is 18.2 Å². The average Bonchev–Trinajstić information content (AvgIpc) is 3.04. The van der Waals surface area contributed by atoms with Crippen LogP contribution in [-0.2, 0) is 0 Å². The van der Waals surface area contributed by atoms with E-state index in [4.69, 9.17) is 23.2 Å². The van der Waals surface area contributed by atoms with Crippen molar-refractivity contribution in [3.8, 4) is 0 Å². The lowest BCUT2D eigenvalue weighted by atomic mass is 10.1. The molecule has 1 fully saturated rings. The average molecular weight is 515 g/mol. The number of hydrogen-bond donors (Lipinski definition) is 3. The number of guanidine groups is 1. The Hall–Kier alpha value is -0.280. The summed E-state index contributed by atoms with van der Waals surface area (Å²) in [5.41, 5.74) is 0.673. The zero-order chi connectivity index (χ0) is 18.2. The van der Waals surface area contributed by atoms with Gasteiger partial charge in [-0.15, -0.1) is 24.0 Å². The molecule has 1 aromatic carbocycles. The SMILES string of the molecule is CCNC(=NCC(O)c1cc(Cl)cc(Cl)c1)NCC1CCN(CC)C1.I. The van der Waals surface area contributed by atoms with Crippen LogP contribution < -0.4 is 10.6 Å². The molecule has 26 heavy (non-hydrogen) atoms. The smallest absolute Gasteiger partial charge is 0.191 e. The van der Waals surface area contributed by atoms with Crippen LogP contribution in [0.1, 0.15) is 31.9 Å². The maximum atomic E-state index is 10.3. The maximum absolute atomic E-state index is 10.3. The van der Waals surface area contributed by atoms with Gasteiger partial charge >= 0.3 is 0 Å². The fraction of sp³-hybridized carbons (Fsp3) is 0.611. The molecule has 3 N–H and O–H groups in total. The summed E-state index contributed by atoms with van der Waals surface area (Å²) < 4.78 is 0. The number of hydrogen-bond acceptors (Lipinski definition) is 3. The third-order valence-corrected chi connectivity index (χ3v) is 4.85. The molecule has 2 atom stereocenters. The molecule has 1 aliphatic rings. The highest BCUT2D eigenvalue weighted by atomic mass is 127. The van der Waals surface area contributed by atoms with E-state index in [2.05, 4.69) is 27.4 Å². The van der Waals surface area contributed by atoms with Gasteiger partial charge < -0.3 is 20.6 Å². The molecule has 8 heteroatoms. The van der Waals surface area contributed by atoms with Crippen LogP contribution in [0.3, 0.4) is 0 Å². The molecular formula is C18H29Cl2IN4O. The molecule has 5 nitrogen and oxygen atoms in total. The van der Waals surface area contributed by atoms with Gasteiger partial charge in [0.25, 0.3) is 0 Å². The summed E-state index contributed by atoms with van der Waals surface area (Å²) in [5, 5.41) is 18.0. The second kappa shape index (κ2) is 12.2. The molecule has 1 aliphatic heterocycles. The number of likely N-dealkylation sites (tertiary alicyclic amines) is 1. The van der Waals surface area contributed by atoms with Crippen LogP contribution in [0.25, 0.3) is 0 Å². The first-order valence-electron chi connectivity index (χ1n) is 8.90. The molecule has 1 saturated heterocycles. The van der Waals surface area contributed by atoms with Crippen molar-refractivity contribution in [2.24, 2.45) is 10.9 Å². The lowest BCUT2D eigenvalue weighted by Gasteiger charge is -2.17. The minimum atomic E-state index is -0.742. The van der Waals surface area contributed by atoms with Crippen molar-refractivity contribution < 1.29 is 5.11 Å². The fourth-order valence-corrected chi connectivity index (χ4v) is 3.54. The summed E-state index contributed by atoms with van der Waals surface area (Å²) in [6.45, 7) is 9.55. The van der Waals surface area contributed by atoms with E-state index in [0.29, 0.717) is 21.5 Å². The van der Waals surface area contributed by atoms with Gasteiger partial charge in [0.05, 0.1) is 12.6 Å². The molecule has 0 radical (unpaired) electrons. The molecule has 0 aromatic heterocycles. The Kier molecular flexibility index (Phi) is 11.2. The standard InChI is InChI=1S/C18H28Cl2N4O.HI/c1-3-21-18(22-10-13-5-6-24(4-2)12-13)23-11-17(25)14-7-15(19)9-16(20)8-14;/h7-9,13,17,25H,3-6,10-12H2,1-2H3,(H2,21,22,23);1H. The van der Waals surface area contributed by atoms with Gasteiger partial charge in [0.15, 0.2) is 5.96 Å². The normalized spacial score (nSPS) is 19.1. The Morgan fingerprint density at radius 3 is 2.54 bits per heavy atom. The van der Waals surface area contributed by atoms with Gasteiger partial charge in [0.1, 0.15) is 0 Å². The number of halogens is 3. The number of aliphatic hydroxyl groups is 1. The van der Waals surface area contributed by atoms with E-state index < -0.39 is 6.10 Å². The van der Waals surface area contributed by atoms with Crippen LogP contribution in [-0.4, -0.2) is 55.2 Å². The first-order chi connectivity index (χ1) is 12.0. The van der Waals surface area contributed by atoms with Gasteiger partial charge in [-0.05, 0) is 56.1 Å². The number of aliphatic hydroxyl groups excluding tert-OH is 1. The molecule has 0 amide bonds. The van der Waals surface area contributed by atoms with Crippen LogP contribution in [0.2, 0.25) is 10.0 Å². The van der Waals surface area contributed by atoms with Crippen molar-refractivity contribution in [1.82, 2.24) is 15.5 Å². The molecule has 0 bridgehead atoms. The number of benzene rings is 1. The van der Waals surface area contributed by atoms with Crippen LogP contribution in [0.4, 0.5) is 0 Å². The highest BCUT2D eigenvalue weighted by Crippen LogP contribution is 2.23. The third-order valence-electron chi connectivity index (χ3n) is 4.41. The Morgan fingerprint density at radius 1 is 1.27 bits per heavy atom. The summed E-state index contributed by atoms with van der Waals surface area (Å²) in [6, 6.07) is 5.08. The monoisotopic (exact) mass is 514 g/mol. The maximum Gasteiger partial charge on any atom is 0.191 e. The predicted octanol–water partition coefficient (Wildman–Crippen LogP) is 3.54. The minimum Gasteiger partial charge on any atom is -0.386 e. The van der Waals surface area contributed by atoms with Crippen molar-refractivity contribution in [2.75, 3.05) is 39.3 Å². The van der Waals surface area contributed by atoms with Gasteiger partial charge in [-0.25, -0.2) is 0 Å². The summed E-state index contributed by atoms with van der Waals surface area (Å²) in [7, 11) is 0. The van der Waals surface area contributed by atoms with Crippen LogP contribution in [0.15, 0.2) is 23.2 Å². The third kappa shape index (κ3) is 7.76. The largest absolute Gasteiger partial charge is 0.386 e. The van der Waals surface area contributed by atoms with Crippen LogP contribution in [0.5, 0.6) is 0 Å². The number of rotatable bonds is 7. The van der Waals surface area contributed by atoms with Crippen molar-refractivity contribution in [2.45, 2.75) is 26.4 Å².